The van der Waals surface area contributed by atoms with Crippen LogP contribution in [0.5, 0.6) is 0 Å². The Labute approximate surface area is 186 Å². The van der Waals surface area contributed by atoms with Crippen molar-refractivity contribution in [3.05, 3.63) is 84.6 Å². The van der Waals surface area contributed by atoms with Crippen LogP contribution in [0, 0.1) is 0 Å². The molecule has 1 atom stereocenters. The lowest BCUT2D eigenvalue weighted by molar-refractivity contribution is -0.0524. The molecule has 1 saturated carbocycles. The molecule has 5 nitrogen and oxygen atoms in total. The van der Waals surface area contributed by atoms with Crippen molar-refractivity contribution in [1.82, 2.24) is 4.90 Å². The first kappa shape index (κ1) is 23.5. The molecular weight excluding hydrogens is 388 g/mol. The van der Waals surface area contributed by atoms with Gasteiger partial charge in [0, 0.05) is 13.1 Å². The summed E-state index contributed by atoms with van der Waals surface area (Å²) in [4.78, 5) is 2.29. The summed E-state index contributed by atoms with van der Waals surface area (Å²) < 4.78 is 17.2. The molecule has 0 aromatic heterocycles. The van der Waals surface area contributed by atoms with Crippen LogP contribution in [0.1, 0.15) is 36.8 Å². The fourth-order valence-electron chi connectivity index (χ4n) is 3.98. The number of hydrogen-bond donors (Lipinski definition) is 1. The first-order valence-electron chi connectivity index (χ1n) is 11.3. The standard InChI is InChI=1S/C26H36N2O3/c1-2-29-17-18-30-24-13-15-25(16-14-24)31-21-26(27)28(19-22-9-5-3-6-10-22)20-23-11-7-4-8-12-23/h2-12,24-26H,1,13-21,27H2. The van der Waals surface area contributed by atoms with E-state index in [2.05, 4.69) is 60.0 Å². The monoisotopic (exact) mass is 424 g/mol. The highest BCUT2D eigenvalue weighted by Gasteiger charge is 2.24. The lowest BCUT2D eigenvalue weighted by Gasteiger charge is -2.32. The summed E-state index contributed by atoms with van der Waals surface area (Å²) in [6.45, 7) is 6.84. The SMILES string of the molecule is C=COCCOC1CCC(OCC(N)N(Cc2ccccc2)Cc2ccccc2)CC1. The van der Waals surface area contributed by atoms with Gasteiger partial charge in [0.2, 0.25) is 0 Å². The third kappa shape index (κ3) is 8.46. The topological polar surface area (TPSA) is 57.0 Å². The second-order valence-corrected chi connectivity index (χ2v) is 8.08. The average Bonchev–Trinajstić information content (AvgIpc) is 2.82. The first-order valence-corrected chi connectivity index (χ1v) is 11.3. The molecule has 0 aliphatic heterocycles. The average molecular weight is 425 g/mol. The van der Waals surface area contributed by atoms with Gasteiger partial charge in [-0.05, 0) is 36.8 Å². The molecule has 0 amide bonds. The molecule has 2 aromatic carbocycles. The highest BCUT2D eigenvalue weighted by molar-refractivity contribution is 5.17. The smallest absolute Gasteiger partial charge is 0.111 e. The Morgan fingerprint density at radius 3 is 1.87 bits per heavy atom. The minimum Gasteiger partial charge on any atom is -0.499 e. The Morgan fingerprint density at radius 2 is 1.35 bits per heavy atom. The second kappa shape index (κ2) is 13.3. The van der Waals surface area contributed by atoms with Crippen molar-refractivity contribution in [2.75, 3.05) is 19.8 Å². The van der Waals surface area contributed by atoms with Gasteiger partial charge in [0.1, 0.15) is 6.61 Å². The zero-order valence-corrected chi connectivity index (χ0v) is 18.4. The van der Waals surface area contributed by atoms with E-state index in [1.165, 1.54) is 17.4 Å². The molecule has 5 heteroatoms. The molecule has 2 N–H and O–H groups in total. The van der Waals surface area contributed by atoms with E-state index in [4.69, 9.17) is 19.9 Å². The minimum absolute atomic E-state index is 0.162. The summed E-state index contributed by atoms with van der Waals surface area (Å²) in [5, 5.41) is 0. The fraction of sp³-hybridized carbons (Fsp3) is 0.462. The van der Waals surface area contributed by atoms with Gasteiger partial charge in [0.05, 0.1) is 37.8 Å². The number of benzene rings is 2. The Kier molecular flexibility index (Phi) is 10.1. The normalized spacial score (nSPS) is 19.8. The number of rotatable bonds is 13. The third-order valence-corrected chi connectivity index (χ3v) is 5.72. The highest BCUT2D eigenvalue weighted by atomic mass is 16.5. The lowest BCUT2D eigenvalue weighted by Crippen LogP contribution is -2.45. The van der Waals surface area contributed by atoms with E-state index >= 15 is 0 Å². The predicted molar refractivity (Wildman–Crippen MR) is 124 cm³/mol. The maximum Gasteiger partial charge on any atom is 0.111 e. The van der Waals surface area contributed by atoms with Crippen molar-refractivity contribution in [2.24, 2.45) is 5.73 Å². The number of nitrogens with zero attached hydrogens (tertiary/aromatic N) is 1. The van der Waals surface area contributed by atoms with Gasteiger partial charge < -0.3 is 19.9 Å². The van der Waals surface area contributed by atoms with E-state index < -0.39 is 0 Å². The van der Waals surface area contributed by atoms with Crippen molar-refractivity contribution in [2.45, 2.75) is 57.1 Å². The van der Waals surface area contributed by atoms with Gasteiger partial charge in [0.15, 0.2) is 0 Å². The molecule has 168 valence electrons. The molecule has 1 fully saturated rings. The van der Waals surface area contributed by atoms with Crippen LogP contribution in [0.2, 0.25) is 0 Å². The molecule has 0 spiro atoms. The lowest BCUT2D eigenvalue weighted by atomic mass is 9.95. The summed E-state index contributed by atoms with van der Waals surface area (Å²) in [5.74, 6) is 0. The van der Waals surface area contributed by atoms with Crippen LogP contribution >= 0.6 is 0 Å². The number of ether oxygens (including phenoxy) is 3. The Hall–Kier alpha value is -2.18. The molecule has 1 unspecified atom stereocenters. The van der Waals surface area contributed by atoms with Gasteiger partial charge in [-0.3, -0.25) is 4.90 Å². The molecule has 1 aliphatic rings. The van der Waals surface area contributed by atoms with Crippen LogP contribution in [-0.4, -0.2) is 43.1 Å². The molecule has 0 saturated heterocycles. The first-order chi connectivity index (χ1) is 15.2. The zero-order valence-electron chi connectivity index (χ0n) is 18.4. The molecule has 2 aromatic rings. The zero-order chi connectivity index (χ0) is 21.7. The van der Waals surface area contributed by atoms with Gasteiger partial charge in [-0.25, -0.2) is 0 Å². The van der Waals surface area contributed by atoms with Crippen LogP contribution in [-0.2, 0) is 27.3 Å². The van der Waals surface area contributed by atoms with Crippen molar-refractivity contribution >= 4 is 0 Å². The second-order valence-electron chi connectivity index (χ2n) is 8.08. The van der Waals surface area contributed by atoms with E-state index in [0.717, 1.165) is 38.8 Å². The predicted octanol–water partition coefficient (Wildman–Crippen LogP) is 4.48. The van der Waals surface area contributed by atoms with Gasteiger partial charge in [0.25, 0.3) is 0 Å². The molecule has 0 radical (unpaired) electrons. The summed E-state index contributed by atoms with van der Waals surface area (Å²) in [6, 6.07) is 21.0. The summed E-state index contributed by atoms with van der Waals surface area (Å²) in [6.07, 6.45) is 5.91. The van der Waals surface area contributed by atoms with Crippen molar-refractivity contribution in [3.8, 4) is 0 Å². The van der Waals surface area contributed by atoms with E-state index in [1.54, 1.807) is 0 Å². The molecule has 1 aliphatic carbocycles. The van der Waals surface area contributed by atoms with Crippen LogP contribution in [0.4, 0.5) is 0 Å². The molecular formula is C26H36N2O3. The Bertz CT molecular complexity index is 691. The summed E-state index contributed by atoms with van der Waals surface area (Å²) in [7, 11) is 0. The van der Waals surface area contributed by atoms with Crippen LogP contribution in [0.25, 0.3) is 0 Å². The quantitative estimate of drug-likeness (QED) is 0.292. The number of nitrogens with two attached hydrogens (primary N) is 1. The highest BCUT2D eigenvalue weighted by Crippen LogP contribution is 2.24. The molecule has 0 heterocycles. The van der Waals surface area contributed by atoms with Crippen LogP contribution in [0.15, 0.2) is 73.5 Å². The Morgan fingerprint density at radius 1 is 0.839 bits per heavy atom. The Balaban J connectivity index is 1.46. The van der Waals surface area contributed by atoms with E-state index in [0.29, 0.717) is 25.9 Å². The third-order valence-electron chi connectivity index (χ3n) is 5.72. The molecule has 31 heavy (non-hydrogen) atoms. The molecule has 3 rings (SSSR count). The van der Waals surface area contributed by atoms with E-state index in [1.807, 2.05) is 12.1 Å². The summed E-state index contributed by atoms with van der Waals surface area (Å²) in [5.41, 5.74) is 9.12. The summed E-state index contributed by atoms with van der Waals surface area (Å²) >= 11 is 0. The minimum atomic E-state index is -0.162. The van der Waals surface area contributed by atoms with Gasteiger partial charge in [-0.2, -0.15) is 0 Å². The number of hydrogen-bond acceptors (Lipinski definition) is 5. The maximum absolute atomic E-state index is 6.61. The van der Waals surface area contributed by atoms with Crippen molar-refractivity contribution < 1.29 is 14.2 Å². The van der Waals surface area contributed by atoms with Crippen molar-refractivity contribution in [1.29, 1.82) is 0 Å². The van der Waals surface area contributed by atoms with Crippen LogP contribution < -0.4 is 5.73 Å². The molecule has 0 bridgehead atoms. The van der Waals surface area contributed by atoms with Gasteiger partial charge in [-0.15, -0.1) is 0 Å². The van der Waals surface area contributed by atoms with Gasteiger partial charge >= 0.3 is 0 Å². The van der Waals surface area contributed by atoms with Crippen LogP contribution in [0.3, 0.4) is 0 Å². The maximum atomic E-state index is 6.61. The van der Waals surface area contributed by atoms with Gasteiger partial charge in [-0.1, -0.05) is 67.2 Å². The fourth-order valence-corrected chi connectivity index (χ4v) is 3.98. The largest absolute Gasteiger partial charge is 0.499 e. The van der Waals surface area contributed by atoms with E-state index in [-0.39, 0.29) is 12.3 Å². The van der Waals surface area contributed by atoms with Crippen molar-refractivity contribution in [3.63, 3.8) is 0 Å². The van der Waals surface area contributed by atoms with E-state index in [9.17, 15) is 0 Å².